The van der Waals surface area contributed by atoms with E-state index in [0.29, 0.717) is 5.75 Å². The number of ether oxygens (including phenoxy) is 1. The Morgan fingerprint density at radius 2 is 1.81 bits per heavy atom. The Morgan fingerprint density at radius 1 is 1.12 bits per heavy atom. The molecule has 3 rings (SSSR count). The van der Waals surface area contributed by atoms with Crippen molar-refractivity contribution in [3.05, 3.63) is 60.3 Å². The SMILES string of the molecule is COc1ccc(S(=O)(=O)N[C@H](C)CCc2cn(C)c3ccccc23)cc1. The van der Waals surface area contributed by atoms with Crippen molar-refractivity contribution < 1.29 is 13.2 Å². The molecule has 6 heteroatoms. The van der Waals surface area contributed by atoms with Crippen LogP contribution < -0.4 is 9.46 Å². The summed E-state index contributed by atoms with van der Waals surface area (Å²) < 4.78 is 35.0. The van der Waals surface area contributed by atoms with Crippen molar-refractivity contribution in [2.45, 2.75) is 30.7 Å². The molecule has 0 amide bonds. The molecule has 0 unspecified atom stereocenters. The zero-order chi connectivity index (χ0) is 18.7. The van der Waals surface area contributed by atoms with Crippen LogP contribution in [-0.4, -0.2) is 26.1 Å². The van der Waals surface area contributed by atoms with Gasteiger partial charge in [-0.25, -0.2) is 13.1 Å². The first-order valence-corrected chi connectivity index (χ1v) is 10.1. The topological polar surface area (TPSA) is 60.3 Å². The Kier molecular flexibility index (Phi) is 5.34. The molecule has 3 aromatic rings. The maximum Gasteiger partial charge on any atom is 0.240 e. The highest BCUT2D eigenvalue weighted by Gasteiger charge is 2.18. The maximum atomic E-state index is 12.5. The molecule has 1 atom stereocenters. The summed E-state index contributed by atoms with van der Waals surface area (Å²) in [5.41, 5.74) is 2.42. The van der Waals surface area contributed by atoms with Crippen LogP contribution in [0, 0.1) is 0 Å². The number of methoxy groups -OCH3 is 1. The number of aromatic nitrogens is 1. The summed E-state index contributed by atoms with van der Waals surface area (Å²) in [6.45, 7) is 1.90. The zero-order valence-corrected chi connectivity index (χ0v) is 16.1. The molecule has 0 fully saturated rings. The lowest BCUT2D eigenvalue weighted by atomic mass is 10.1. The molecule has 0 aliphatic rings. The molecule has 0 bridgehead atoms. The average Bonchev–Trinajstić information content (AvgIpc) is 2.96. The van der Waals surface area contributed by atoms with Crippen LogP contribution in [0.25, 0.3) is 10.9 Å². The average molecular weight is 372 g/mol. The van der Waals surface area contributed by atoms with Gasteiger partial charge in [0.25, 0.3) is 0 Å². The van der Waals surface area contributed by atoms with Gasteiger partial charge in [0.15, 0.2) is 0 Å². The molecule has 0 spiro atoms. The number of rotatable bonds is 7. The number of hydrogen-bond acceptors (Lipinski definition) is 3. The van der Waals surface area contributed by atoms with Crippen molar-refractivity contribution in [2.75, 3.05) is 7.11 Å². The molecule has 1 heterocycles. The summed E-state index contributed by atoms with van der Waals surface area (Å²) in [6, 6.07) is 14.5. The van der Waals surface area contributed by atoms with Gasteiger partial charge in [-0.3, -0.25) is 0 Å². The van der Waals surface area contributed by atoms with Crippen LogP contribution in [0.15, 0.2) is 59.6 Å². The first-order chi connectivity index (χ1) is 12.4. The number of nitrogens with one attached hydrogen (secondary N) is 1. The van der Waals surface area contributed by atoms with Crippen LogP contribution in [-0.2, 0) is 23.5 Å². The van der Waals surface area contributed by atoms with Gasteiger partial charge >= 0.3 is 0 Å². The molecule has 0 saturated carbocycles. The Balaban J connectivity index is 1.66. The minimum Gasteiger partial charge on any atom is -0.497 e. The van der Waals surface area contributed by atoms with E-state index in [4.69, 9.17) is 4.74 Å². The standard InChI is InChI=1S/C20H24N2O3S/c1-15(21-26(23,24)18-12-10-17(25-3)11-13-18)8-9-16-14-22(2)20-7-5-4-6-19(16)20/h4-7,10-15,21H,8-9H2,1-3H3/t15-/m1/s1. The van der Waals surface area contributed by atoms with Gasteiger partial charge in [-0.15, -0.1) is 0 Å². The van der Waals surface area contributed by atoms with E-state index in [1.807, 2.05) is 26.1 Å². The minimum atomic E-state index is -3.54. The van der Waals surface area contributed by atoms with E-state index in [-0.39, 0.29) is 10.9 Å². The van der Waals surface area contributed by atoms with E-state index < -0.39 is 10.0 Å². The maximum absolute atomic E-state index is 12.5. The molecule has 138 valence electrons. The van der Waals surface area contributed by atoms with Gasteiger partial charge in [0, 0.05) is 30.2 Å². The molecule has 26 heavy (non-hydrogen) atoms. The van der Waals surface area contributed by atoms with Gasteiger partial charge in [0.1, 0.15) is 5.75 Å². The Bertz CT molecular complexity index is 992. The van der Waals surface area contributed by atoms with Gasteiger partial charge < -0.3 is 9.30 Å². The number of benzene rings is 2. The summed E-state index contributed by atoms with van der Waals surface area (Å²) >= 11 is 0. The molecule has 0 aliphatic carbocycles. The largest absolute Gasteiger partial charge is 0.497 e. The number of aryl methyl sites for hydroxylation is 2. The molecular weight excluding hydrogens is 348 g/mol. The molecule has 1 aromatic heterocycles. The first kappa shape index (κ1) is 18.5. The minimum absolute atomic E-state index is 0.166. The number of hydrogen-bond donors (Lipinski definition) is 1. The van der Waals surface area contributed by atoms with Crippen LogP contribution >= 0.6 is 0 Å². The van der Waals surface area contributed by atoms with E-state index in [1.165, 1.54) is 16.5 Å². The summed E-state index contributed by atoms with van der Waals surface area (Å²) in [5, 5.41) is 1.22. The van der Waals surface area contributed by atoms with Crippen LogP contribution in [0.2, 0.25) is 0 Å². The second-order valence-corrected chi connectivity index (χ2v) is 8.23. The molecular formula is C20H24N2O3S. The third-order valence-corrected chi connectivity index (χ3v) is 6.16. The van der Waals surface area contributed by atoms with Crippen molar-refractivity contribution in [1.82, 2.24) is 9.29 Å². The normalized spacial score (nSPS) is 13.0. The second-order valence-electron chi connectivity index (χ2n) is 6.52. The van der Waals surface area contributed by atoms with Crippen LogP contribution in [0.3, 0.4) is 0 Å². The fourth-order valence-corrected chi connectivity index (χ4v) is 4.42. The van der Waals surface area contributed by atoms with E-state index in [2.05, 4.69) is 27.6 Å². The molecule has 0 aliphatic heterocycles. The van der Waals surface area contributed by atoms with Crippen molar-refractivity contribution in [3.8, 4) is 5.75 Å². The predicted octanol–water partition coefficient (Wildman–Crippen LogP) is 3.49. The van der Waals surface area contributed by atoms with Gasteiger partial charge in [-0.05, 0) is 55.7 Å². The van der Waals surface area contributed by atoms with Crippen molar-refractivity contribution in [1.29, 1.82) is 0 Å². The highest BCUT2D eigenvalue weighted by molar-refractivity contribution is 7.89. The first-order valence-electron chi connectivity index (χ1n) is 8.60. The monoisotopic (exact) mass is 372 g/mol. The molecule has 0 saturated heterocycles. The fraction of sp³-hybridized carbons (Fsp3) is 0.300. The Labute approximate surface area is 154 Å². The summed E-state index contributed by atoms with van der Waals surface area (Å²) in [7, 11) is 0.0452. The number of para-hydroxylation sites is 1. The van der Waals surface area contributed by atoms with Crippen LogP contribution in [0.4, 0.5) is 0 Å². The lowest BCUT2D eigenvalue weighted by molar-refractivity contribution is 0.414. The van der Waals surface area contributed by atoms with E-state index in [9.17, 15) is 8.42 Å². The number of nitrogens with zero attached hydrogens (tertiary/aromatic N) is 1. The predicted molar refractivity (Wildman–Crippen MR) is 104 cm³/mol. The van der Waals surface area contributed by atoms with E-state index >= 15 is 0 Å². The smallest absolute Gasteiger partial charge is 0.240 e. The van der Waals surface area contributed by atoms with Crippen LogP contribution in [0.5, 0.6) is 5.75 Å². The van der Waals surface area contributed by atoms with Gasteiger partial charge in [-0.1, -0.05) is 18.2 Å². The van der Waals surface area contributed by atoms with Crippen molar-refractivity contribution in [2.24, 2.45) is 7.05 Å². The molecule has 0 radical (unpaired) electrons. The lowest BCUT2D eigenvalue weighted by Crippen LogP contribution is -2.32. The molecule has 5 nitrogen and oxygen atoms in total. The fourth-order valence-electron chi connectivity index (χ4n) is 3.14. The van der Waals surface area contributed by atoms with Gasteiger partial charge in [0.05, 0.1) is 12.0 Å². The van der Waals surface area contributed by atoms with E-state index in [0.717, 1.165) is 12.8 Å². The second kappa shape index (κ2) is 7.51. The third-order valence-electron chi connectivity index (χ3n) is 4.55. The summed E-state index contributed by atoms with van der Waals surface area (Å²) in [4.78, 5) is 0.246. The molecule has 2 aromatic carbocycles. The van der Waals surface area contributed by atoms with Crippen molar-refractivity contribution >= 4 is 20.9 Å². The third kappa shape index (κ3) is 3.92. The number of sulfonamides is 1. The van der Waals surface area contributed by atoms with Gasteiger partial charge in [-0.2, -0.15) is 0 Å². The Morgan fingerprint density at radius 3 is 2.50 bits per heavy atom. The van der Waals surface area contributed by atoms with Crippen molar-refractivity contribution in [3.63, 3.8) is 0 Å². The van der Waals surface area contributed by atoms with E-state index in [1.54, 1.807) is 31.4 Å². The summed E-state index contributed by atoms with van der Waals surface area (Å²) in [5.74, 6) is 0.632. The molecule has 1 N–H and O–H groups in total. The zero-order valence-electron chi connectivity index (χ0n) is 15.3. The summed E-state index contributed by atoms with van der Waals surface area (Å²) in [6.07, 6.45) is 3.66. The number of fused-ring (bicyclic) bond motifs is 1. The van der Waals surface area contributed by atoms with Gasteiger partial charge in [0.2, 0.25) is 10.0 Å². The van der Waals surface area contributed by atoms with Crippen LogP contribution in [0.1, 0.15) is 18.9 Å². The lowest BCUT2D eigenvalue weighted by Gasteiger charge is -2.14. The highest BCUT2D eigenvalue weighted by Crippen LogP contribution is 2.22. The Hall–Kier alpha value is -2.31. The quantitative estimate of drug-likeness (QED) is 0.691. The highest BCUT2D eigenvalue weighted by atomic mass is 32.2.